The molecule has 3 rings (SSSR count). The summed E-state index contributed by atoms with van der Waals surface area (Å²) in [6.07, 6.45) is 2.90. The van der Waals surface area contributed by atoms with Crippen molar-refractivity contribution in [1.82, 2.24) is 14.7 Å². The fraction of sp³-hybridized carbons (Fsp3) is 0.471. The van der Waals surface area contributed by atoms with E-state index in [-0.39, 0.29) is 17.5 Å². The van der Waals surface area contributed by atoms with Crippen molar-refractivity contribution < 1.29 is 19.4 Å². The second kappa shape index (κ2) is 6.87. The van der Waals surface area contributed by atoms with E-state index in [0.29, 0.717) is 29.4 Å². The van der Waals surface area contributed by atoms with Gasteiger partial charge in [0.05, 0.1) is 25.0 Å². The van der Waals surface area contributed by atoms with Crippen LogP contribution in [-0.4, -0.2) is 51.9 Å². The predicted molar refractivity (Wildman–Crippen MR) is 93.7 cm³/mol. The van der Waals surface area contributed by atoms with E-state index in [2.05, 4.69) is 5.10 Å². The molecular weight excluding hydrogens is 342 g/mol. The molecule has 1 saturated heterocycles. The number of carbonyl (C=O) groups excluding carboxylic acids is 1. The van der Waals surface area contributed by atoms with Gasteiger partial charge in [0.2, 0.25) is 0 Å². The molecule has 3 heterocycles. The van der Waals surface area contributed by atoms with Gasteiger partial charge in [0.15, 0.2) is 0 Å². The van der Waals surface area contributed by atoms with Crippen LogP contribution in [0.5, 0.6) is 5.75 Å². The molecule has 2 aromatic heterocycles. The van der Waals surface area contributed by atoms with E-state index in [0.717, 1.165) is 17.7 Å². The van der Waals surface area contributed by atoms with Gasteiger partial charge in [0.1, 0.15) is 16.2 Å². The zero-order chi connectivity index (χ0) is 18.1. The first-order valence-corrected chi connectivity index (χ1v) is 8.95. The third-order valence-electron chi connectivity index (χ3n) is 4.61. The Morgan fingerprint density at radius 2 is 2.00 bits per heavy atom. The lowest BCUT2D eigenvalue weighted by Gasteiger charge is -2.32. The molecule has 1 aliphatic heterocycles. The number of aromatic nitrogens is 2. The maximum Gasteiger partial charge on any atom is 0.339 e. The molecule has 134 valence electrons. The van der Waals surface area contributed by atoms with Crippen molar-refractivity contribution in [2.75, 3.05) is 20.2 Å². The van der Waals surface area contributed by atoms with Crippen LogP contribution in [0.4, 0.5) is 0 Å². The van der Waals surface area contributed by atoms with Crippen LogP contribution < -0.4 is 4.74 Å². The van der Waals surface area contributed by atoms with Gasteiger partial charge < -0.3 is 14.7 Å². The molecule has 0 aliphatic carbocycles. The highest BCUT2D eigenvalue weighted by Crippen LogP contribution is 2.32. The number of aryl methyl sites for hydroxylation is 1. The number of thiophene rings is 1. The summed E-state index contributed by atoms with van der Waals surface area (Å²) in [4.78, 5) is 27.4. The number of ether oxygens (including phenoxy) is 1. The summed E-state index contributed by atoms with van der Waals surface area (Å²) in [7, 11) is 1.57. The minimum absolute atomic E-state index is 0.00295. The lowest BCUT2D eigenvalue weighted by molar-refractivity contribution is 0.0689. The quantitative estimate of drug-likeness (QED) is 0.903. The van der Waals surface area contributed by atoms with E-state index < -0.39 is 5.97 Å². The first kappa shape index (κ1) is 17.5. The Kier molecular flexibility index (Phi) is 4.80. The fourth-order valence-electron chi connectivity index (χ4n) is 3.25. The third-order valence-corrected chi connectivity index (χ3v) is 5.63. The molecule has 0 bridgehead atoms. The molecule has 0 atom stereocenters. The van der Waals surface area contributed by atoms with E-state index in [9.17, 15) is 9.59 Å². The minimum Gasteiger partial charge on any atom is -0.495 e. The lowest BCUT2D eigenvalue weighted by Crippen LogP contribution is -2.39. The van der Waals surface area contributed by atoms with Crippen LogP contribution in [0.25, 0.3) is 0 Å². The number of amides is 1. The number of carboxylic acid groups (broad SMARTS) is 1. The maximum atomic E-state index is 12.8. The Balaban J connectivity index is 1.69. The molecule has 0 saturated carbocycles. The normalized spacial score (nSPS) is 15.4. The molecule has 7 nitrogen and oxygen atoms in total. The molecule has 1 fully saturated rings. The topological polar surface area (TPSA) is 84.7 Å². The van der Waals surface area contributed by atoms with Crippen molar-refractivity contribution in [3.05, 3.63) is 33.3 Å². The fourth-order valence-corrected chi connectivity index (χ4v) is 4.20. The van der Waals surface area contributed by atoms with E-state index >= 15 is 0 Å². The smallest absolute Gasteiger partial charge is 0.339 e. The first-order valence-electron chi connectivity index (χ1n) is 8.13. The zero-order valence-electron chi connectivity index (χ0n) is 14.5. The van der Waals surface area contributed by atoms with Crippen molar-refractivity contribution in [1.29, 1.82) is 0 Å². The molecule has 1 amide bonds. The molecule has 25 heavy (non-hydrogen) atoms. The van der Waals surface area contributed by atoms with Gasteiger partial charge in [0, 0.05) is 18.0 Å². The van der Waals surface area contributed by atoms with Crippen molar-refractivity contribution in [2.24, 2.45) is 0 Å². The Labute approximate surface area is 149 Å². The van der Waals surface area contributed by atoms with Gasteiger partial charge in [-0.1, -0.05) is 0 Å². The summed E-state index contributed by atoms with van der Waals surface area (Å²) in [5.41, 5.74) is 0.894. The van der Waals surface area contributed by atoms with Crippen molar-refractivity contribution in [3.8, 4) is 5.75 Å². The molecule has 2 aromatic rings. The van der Waals surface area contributed by atoms with Crippen LogP contribution in [0.3, 0.4) is 0 Å². The van der Waals surface area contributed by atoms with Crippen LogP contribution in [0.1, 0.15) is 49.5 Å². The molecule has 8 heteroatoms. The number of methoxy groups -OCH3 is 1. The molecule has 0 unspecified atom stereocenters. The second-order valence-electron chi connectivity index (χ2n) is 6.17. The number of hydrogen-bond donors (Lipinski definition) is 1. The number of carbonyl (C=O) groups is 2. The van der Waals surface area contributed by atoms with Crippen LogP contribution in [0.15, 0.2) is 12.3 Å². The van der Waals surface area contributed by atoms with Crippen LogP contribution in [-0.2, 0) is 0 Å². The van der Waals surface area contributed by atoms with Gasteiger partial charge in [-0.2, -0.15) is 5.10 Å². The standard InChI is InChI=1S/C17H21N3O4S/c1-10-8-14(24-3)15(25-10)16(21)19-6-4-12(5-7-19)20-11(2)13(9-18-20)17(22)23/h8-9,12H,4-7H2,1-3H3,(H,22,23). The van der Waals surface area contributed by atoms with Crippen LogP contribution in [0, 0.1) is 13.8 Å². The van der Waals surface area contributed by atoms with Gasteiger partial charge in [-0.05, 0) is 32.8 Å². The van der Waals surface area contributed by atoms with E-state index in [1.54, 1.807) is 18.7 Å². The van der Waals surface area contributed by atoms with Crippen molar-refractivity contribution >= 4 is 23.2 Å². The van der Waals surface area contributed by atoms with Gasteiger partial charge in [-0.15, -0.1) is 11.3 Å². The number of aromatic carboxylic acids is 1. The molecule has 0 spiro atoms. The molecular formula is C17H21N3O4S. The lowest BCUT2D eigenvalue weighted by atomic mass is 10.0. The summed E-state index contributed by atoms with van der Waals surface area (Å²) in [6, 6.07) is 2.00. The molecule has 0 aromatic carbocycles. The number of likely N-dealkylation sites (tertiary alicyclic amines) is 1. The highest BCUT2D eigenvalue weighted by Gasteiger charge is 2.29. The zero-order valence-corrected chi connectivity index (χ0v) is 15.3. The minimum atomic E-state index is -0.962. The number of hydrogen-bond acceptors (Lipinski definition) is 5. The summed E-state index contributed by atoms with van der Waals surface area (Å²) in [5, 5.41) is 13.4. The van der Waals surface area contributed by atoms with Gasteiger partial charge in [0.25, 0.3) is 5.91 Å². The van der Waals surface area contributed by atoms with Gasteiger partial charge in [-0.3, -0.25) is 9.48 Å². The predicted octanol–water partition coefficient (Wildman–Crippen LogP) is 2.75. The Hall–Kier alpha value is -2.35. The van der Waals surface area contributed by atoms with Crippen LogP contribution >= 0.6 is 11.3 Å². The largest absolute Gasteiger partial charge is 0.495 e. The van der Waals surface area contributed by atoms with Gasteiger partial charge >= 0.3 is 5.97 Å². The molecule has 1 aliphatic rings. The Bertz CT molecular complexity index is 803. The first-order chi connectivity index (χ1) is 11.9. The molecule has 1 N–H and O–H groups in total. The third kappa shape index (κ3) is 3.26. The van der Waals surface area contributed by atoms with Crippen LogP contribution in [0.2, 0.25) is 0 Å². The van der Waals surface area contributed by atoms with Gasteiger partial charge in [-0.25, -0.2) is 4.79 Å². The number of nitrogens with zero attached hydrogens (tertiary/aromatic N) is 3. The average Bonchev–Trinajstić information content (AvgIpc) is 3.17. The number of piperidine rings is 1. The Morgan fingerprint density at radius 1 is 1.32 bits per heavy atom. The Morgan fingerprint density at radius 3 is 2.56 bits per heavy atom. The maximum absolute atomic E-state index is 12.8. The molecule has 0 radical (unpaired) electrons. The summed E-state index contributed by atoms with van der Waals surface area (Å²) in [6.45, 7) is 4.96. The number of rotatable bonds is 4. The highest BCUT2D eigenvalue weighted by atomic mass is 32.1. The van der Waals surface area contributed by atoms with E-state index in [1.807, 2.05) is 17.9 Å². The second-order valence-corrected chi connectivity index (χ2v) is 7.43. The van der Waals surface area contributed by atoms with Crippen molar-refractivity contribution in [3.63, 3.8) is 0 Å². The SMILES string of the molecule is COc1cc(C)sc1C(=O)N1CCC(n2ncc(C(=O)O)c2C)CC1. The highest BCUT2D eigenvalue weighted by molar-refractivity contribution is 7.14. The summed E-state index contributed by atoms with van der Waals surface area (Å²) in [5.74, 6) is -0.336. The summed E-state index contributed by atoms with van der Waals surface area (Å²) >= 11 is 1.45. The number of carboxylic acids is 1. The van der Waals surface area contributed by atoms with E-state index in [4.69, 9.17) is 9.84 Å². The van der Waals surface area contributed by atoms with Crippen molar-refractivity contribution in [2.45, 2.75) is 32.7 Å². The monoisotopic (exact) mass is 363 g/mol. The summed E-state index contributed by atoms with van der Waals surface area (Å²) < 4.78 is 7.08. The van der Waals surface area contributed by atoms with E-state index in [1.165, 1.54) is 17.5 Å². The average molecular weight is 363 g/mol.